The van der Waals surface area contributed by atoms with Gasteiger partial charge in [-0.3, -0.25) is 4.79 Å². The first-order valence-electron chi connectivity index (χ1n) is 7.57. The number of hydrogen-bond donors (Lipinski definition) is 1. The van der Waals surface area contributed by atoms with Crippen molar-refractivity contribution >= 4 is 11.9 Å². The number of hydrogen-bond acceptors (Lipinski definition) is 2. The maximum Gasteiger partial charge on any atom is 0.326 e. The lowest BCUT2D eigenvalue weighted by molar-refractivity contribution is -0.148. The second-order valence-corrected chi connectivity index (χ2v) is 6.17. The summed E-state index contributed by atoms with van der Waals surface area (Å²) in [6.07, 6.45) is 2.65. The van der Waals surface area contributed by atoms with Crippen molar-refractivity contribution in [3.05, 3.63) is 35.4 Å². The molecule has 1 aromatic carbocycles. The first-order valence-corrected chi connectivity index (χ1v) is 7.57. The molecule has 4 nitrogen and oxygen atoms in total. The molecule has 1 aromatic rings. The van der Waals surface area contributed by atoms with Gasteiger partial charge in [-0.15, -0.1) is 0 Å². The van der Waals surface area contributed by atoms with Gasteiger partial charge in [-0.1, -0.05) is 38.1 Å². The highest BCUT2D eigenvalue weighted by Gasteiger charge is 2.33. The highest BCUT2D eigenvalue weighted by atomic mass is 16.4. The molecule has 0 saturated carbocycles. The van der Waals surface area contributed by atoms with Crippen LogP contribution < -0.4 is 0 Å². The predicted octanol–water partition coefficient (Wildman–Crippen LogP) is 2.50. The van der Waals surface area contributed by atoms with E-state index in [9.17, 15) is 9.59 Å². The fraction of sp³-hybridized carbons (Fsp3) is 0.529. The van der Waals surface area contributed by atoms with E-state index in [4.69, 9.17) is 5.11 Å². The standard InChI is InChI=1S/C17H23NO3/c1-12(2)10-13-5-7-14(8-6-13)11-16(19)18-9-3-4-15(18)17(20)21/h5-8,12,15H,3-4,9-11H2,1-2H3,(H,20,21)/t15-/m0/s1. The monoisotopic (exact) mass is 289 g/mol. The molecule has 114 valence electrons. The predicted molar refractivity (Wildman–Crippen MR) is 81.1 cm³/mol. The molecule has 1 amide bonds. The molecule has 1 N–H and O–H groups in total. The summed E-state index contributed by atoms with van der Waals surface area (Å²) < 4.78 is 0. The van der Waals surface area contributed by atoms with Gasteiger partial charge in [0.05, 0.1) is 6.42 Å². The number of carbonyl (C=O) groups excluding carboxylic acids is 1. The number of aliphatic carboxylic acids is 1. The van der Waals surface area contributed by atoms with Crippen molar-refractivity contribution in [3.63, 3.8) is 0 Å². The molecular formula is C17H23NO3. The quantitative estimate of drug-likeness (QED) is 0.906. The summed E-state index contributed by atoms with van der Waals surface area (Å²) in [5.74, 6) is -0.372. The minimum absolute atomic E-state index is 0.0866. The van der Waals surface area contributed by atoms with E-state index in [1.807, 2.05) is 12.1 Å². The van der Waals surface area contributed by atoms with Crippen LogP contribution in [0, 0.1) is 5.92 Å². The van der Waals surface area contributed by atoms with Crippen LogP contribution in [0.3, 0.4) is 0 Å². The van der Waals surface area contributed by atoms with E-state index in [0.29, 0.717) is 18.9 Å². The van der Waals surface area contributed by atoms with E-state index in [1.165, 1.54) is 10.5 Å². The minimum Gasteiger partial charge on any atom is -0.480 e. The molecular weight excluding hydrogens is 266 g/mol. The molecule has 0 spiro atoms. The van der Waals surface area contributed by atoms with Gasteiger partial charge in [-0.25, -0.2) is 4.79 Å². The van der Waals surface area contributed by atoms with E-state index < -0.39 is 12.0 Å². The molecule has 1 aliphatic rings. The average Bonchev–Trinajstić information content (AvgIpc) is 2.90. The molecule has 1 atom stereocenters. The van der Waals surface area contributed by atoms with Crippen molar-refractivity contribution in [1.29, 1.82) is 0 Å². The largest absolute Gasteiger partial charge is 0.480 e. The molecule has 0 radical (unpaired) electrons. The molecule has 1 aliphatic heterocycles. The van der Waals surface area contributed by atoms with E-state index in [1.54, 1.807) is 0 Å². The van der Waals surface area contributed by atoms with Crippen molar-refractivity contribution in [3.8, 4) is 0 Å². The molecule has 1 saturated heterocycles. The van der Waals surface area contributed by atoms with E-state index >= 15 is 0 Å². The number of carboxylic acids is 1. The summed E-state index contributed by atoms with van der Waals surface area (Å²) >= 11 is 0. The Bertz CT molecular complexity index is 507. The Morgan fingerprint density at radius 2 is 1.86 bits per heavy atom. The smallest absolute Gasteiger partial charge is 0.326 e. The third kappa shape index (κ3) is 4.06. The zero-order valence-corrected chi connectivity index (χ0v) is 12.7. The third-order valence-electron chi connectivity index (χ3n) is 3.88. The maximum absolute atomic E-state index is 12.3. The zero-order chi connectivity index (χ0) is 15.4. The Morgan fingerprint density at radius 3 is 2.43 bits per heavy atom. The van der Waals surface area contributed by atoms with Gasteiger partial charge in [0.25, 0.3) is 0 Å². The van der Waals surface area contributed by atoms with Crippen LogP contribution in [0.25, 0.3) is 0 Å². The Kier molecular flexibility index (Phi) is 4.99. The van der Waals surface area contributed by atoms with Crippen LogP contribution >= 0.6 is 0 Å². The summed E-state index contributed by atoms with van der Waals surface area (Å²) in [6, 6.07) is 7.42. The molecule has 1 heterocycles. The van der Waals surface area contributed by atoms with E-state index in [0.717, 1.165) is 18.4 Å². The highest BCUT2D eigenvalue weighted by Crippen LogP contribution is 2.19. The third-order valence-corrected chi connectivity index (χ3v) is 3.88. The van der Waals surface area contributed by atoms with Crippen molar-refractivity contribution < 1.29 is 14.7 Å². The first kappa shape index (κ1) is 15.5. The average molecular weight is 289 g/mol. The van der Waals surface area contributed by atoms with Gasteiger partial charge >= 0.3 is 5.97 Å². The van der Waals surface area contributed by atoms with Gasteiger partial charge in [0, 0.05) is 6.54 Å². The van der Waals surface area contributed by atoms with Crippen molar-refractivity contribution in [2.75, 3.05) is 6.54 Å². The summed E-state index contributed by atoms with van der Waals surface area (Å²) in [5, 5.41) is 9.13. The van der Waals surface area contributed by atoms with Crippen LogP contribution in [0.15, 0.2) is 24.3 Å². The summed E-state index contributed by atoms with van der Waals surface area (Å²) in [5.41, 5.74) is 2.22. The molecule has 1 fully saturated rings. The normalized spacial score (nSPS) is 18.2. The molecule has 0 aliphatic carbocycles. The summed E-state index contributed by atoms with van der Waals surface area (Å²) in [7, 11) is 0. The Labute approximate surface area is 125 Å². The van der Waals surface area contributed by atoms with Crippen LogP contribution in [0.5, 0.6) is 0 Å². The van der Waals surface area contributed by atoms with E-state index in [-0.39, 0.29) is 12.3 Å². The summed E-state index contributed by atoms with van der Waals surface area (Å²) in [4.78, 5) is 24.9. The molecule has 4 heteroatoms. The van der Waals surface area contributed by atoms with Gasteiger partial charge in [-0.05, 0) is 36.3 Å². The minimum atomic E-state index is -0.895. The van der Waals surface area contributed by atoms with Gasteiger partial charge in [0.15, 0.2) is 0 Å². The van der Waals surface area contributed by atoms with Crippen molar-refractivity contribution in [2.24, 2.45) is 5.92 Å². The second-order valence-electron chi connectivity index (χ2n) is 6.17. The SMILES string of the molecule is CC(C)Cc1ccc(CC(=O)N2CCC[C@H]2C(=O)O)cc1. The lowest BCUT2D eigenvalue weighted by Crippen LogP contribution is -2.41. The Balaban J connectivity index is 1.97. The van der Waals surface area contributed by atoms with Gasteiger partial charge in [0.1, 0.15) is 6.04 Å². The number of nitrogens with zero attached hydrogens (tertiary/aromatic N) is 1. The fourth-order valence-corrected chi connectivity index (χ4v) is 2.86. The number of benzene rings is 1. The Morgan fingerprint density at radius 1 is 1.24 bits per heavy atom. The van der Waals surface area contributed by atoms with Crippen molar-refractivity contribution in [1.82, 2.24) is 4.90 Å². The lowest BCUT2D eigenvalue weighted by atomic mass is 10.0. The number of carboxylic acid groups (broad SMARTS) is 1. The number of rotatable bonds is 5. The highest BCUT2D eigenvalue weighted by molar-refractivity contribution is 5.85. The molecule has 0 unspecified atom stereocenters. The van der Waals surface area contributed by atoms with Gasteiger partial charge in [-0.2, -0.15) is 0 Å². The fourth-order valence-electron chi connectivity index (χ4n) is 2.86. The number of likely N-dealkylation sites (tertiary alicyclic amines) is 1. The molecule has 0 bridgehead atoms. The number of amides is 1. The lowest BCUT2D eigenvalue weighted by Gasteiger charge is -2.21. The Hall–Kier alpha value is -1.84. The van der Waals surface area contributed by atoms with E-state index in [2.05, 4.69) is 26.0 Å². The van der Waals surface area contributed by atoms with Crippen LogP contribution in [0.4, 0.5) is 0 Å². The number of carbonyl (C=O) groups is 2. The van der Waals surface area contributed by atoms with Crippen LogP contribution in [-0.4, -0.2) is 34.5 Å². The van der Waals surface area contributed by atoms with Crippen molar-refractivity contribution in [2.45, 2.75) is 45.6 Å². The molecule has 0 aromatic heterocycles. The second kappa shape index (κ2) is 6.74. The first-order chi connectivity index (χ1) is 9.97. The summed E-state index contributed by atoms with van der Waals surface area (Å²) in [6.45, 7) is 4.91. The molecule has 21 heavy (non-hydrogen) atoms. The van der Waals surface area contributed by atoms with Crippen LogP contribution in [-0.2, 0) is 22.4 Å². The van der Waals surface area contributed by atoms with Gasteiger partial charge < -0.3 is 10.0 Å². The van der Waals surface area contributed by atoms with Crippen LogP contribution in [0.2, 0.25) is 0 Å². The van der Waals surface area contributed by atoms with Gasteiger partial charge in [0.2, 0.25) is 5.91 Å². The topological polar surface area (TPSA) is 57.6 Å². The van der Waals surface area contributed by atoms with Crippen LogP contribution in [0.1, 0.15) is 37.8 Å². The maximum atomic E-state index is 12.3. The zero-order valence-electron chi connectivity index (χ0n) is 12.7. The molecule has 2 rings (SSSR count).